The minimum Gasteiger partial charge on any atom is -0.494 e. The van der Waals surface area contributed by atoms with Crippen LogP contribution in [0.25, 0.3) is 6.08 Å². The molecule has 0 amide bonds. The minimum atomic E-state index is -0.855. The normalized spacial score (nSPS) is 10.9. The van der Waals surface area contributed by atoms with Crippen molar-refractivity contribution in [1.82, 2.24) is 0 Å². The van der Waals surface area contributed by atoms with Crippen LogP contribution in [0.3, 0.4) is 0 Å². The third-order valence-corrected chi connectivity index (χ3v) is 4.18. The van der Waals surface area contributed by atoms with E-state index in [1.165, 1.54) is 31.8 Å². The van der Waals surface area contributed by atoms with Crippen molar-refractivity contribution in [3.05, 3.63) is 65.7 Å². The number of unbranched alkanes of at least 4 members (excludes halogenated alkanes) is 4. The molecule has 0 N–H and O–H groups in total. The van der Waals surface area contributed by atoms with E-state index in [9.17, 15) is 9.18 Å². The molecule has 0 unspecified atom stereocenters. The average Bonchev–Trinajstić information content (AvgIpc) is 2.70. The molecule has 0 aliphatic carbocycles. The molecule has 2 aromatic carbocycles. The summed E-state index contributed by atoms with van der Waals surface area (Å²) in [5, 5.41) is 0. The van der Waals surface area contributed by atoms with E-state index in [2.05, 4.69) is 6.92 Å². The van der Waals surface area contributed by atoms with Gasteiger partial charge < -0.3 is 9.47 Å². The van der Waals surface area contributed by atoms with E-state index in [0.29, 0.717) is 17.9 Å². The van der Waals surface area contributed by atoms with Crippen LogP contribution in [0, 0.1) is 0 Å². The lowest BCUT2D eigenvalue weighted by molar-refractivity contribution is 0.104. The van der Waals surface area contributed by atoms with Gasteiger partial charge in [-0.2, -0.15) is 0 Å². The van der Waals surface area contributed by atoms with Gasteiger partial charge in [-0.05, 0) is 54.5 Å². The van der Waals surface area contributed by atoms with Gasteiger partial charge in [0.05, 0.1) is 6.61 Å². The Hall–Kier alpha value is -2.62. The van der Waals surface area contributed by atoms with Gasteiger partial charge in [-0.25, -0.2) is 4.39 Å². The first kappa shape index (κ1) is 20.7. The van der Waals surface area contributed by atoms with Gasteiger partial charge in [0.2, 0.25) is 6.86 Å². The Balaban J connectivity index is 1.80. The van der Waals surface area contributed by atoms with Gasteiger partial charge >= 0.3 is 0 Å². The topological polar surface area (TPSA) is 35.5 Å². The van der Waals surface area contributed by atoms with Crippen molar-refractivity contribution in [2.45, 2.75) is 39.0 Å². The second kappa shape index (κ2) is 11.9. The predicted octanol–water partition coefficient (Wildman–Crippen LogP) is 6.24. The van der Waals surface area contributed by atoms with Crippen LogP contribution >= 0.6 is 0 Å². The van der Waals surface area contributed by atoms with Crippen molar-refractivity contribution >= 4 is 11.9 Å². The van der Waals surface area contributed by atoms with Gasteiger partial charge in [-0.3, -0.25) is 4.79 Å². The molecule has 2 aromatic rings. The van der Waals surface area contributed by atoms with Crippen molar-refractivity contribution in [3.63, 3.8) is 0 Å². The third kappa shape index (κ3) is 7.65. The zero-order chi connectivity index (χ0) is 19.3. The largest absolute Gasteiger partial charge is 0.494 e. The number of rotatable bonds is 12. The van der Waals surface area contributed by atoms with Crippen molar-refractivity contribution < 1.29 is 18.7 Å². The SMILES string of the molecule is CCCCCCCOc1ccc(C(=O)C=Cc2ccc(OCF)cc2)cc1. The zero-order valence-electron chi connectivity index (χ0n) is 15.8. The summed E-state index contributed by atoms with van der Waals surface area (Å²) < 4.78 is 22.6. The summed E-state index contributed by atoms with van der Waals surface area (Å²) >= 11 is 0. The number of ether oxygens (including phenoxy) is 2. The highest BCUT2D eigenvalue weighted by Crippen LogP contribution is 2.16. The van der Waals surface area contributed by atoms with Gasteiger partial charge in [-0.1, -0.05) is 50.8 Å². The molecule has 0 saturated heterocycles. The number of alkyl halides is 1. The Labute approximate surface area is 160 Å². The molecule has 0 fully saturated rings. The maximum Gasteiger partial charge on any atom is 0.228 e. The van der Waals surface area contributed by atoms with Crippen molar-refractivity contribution in [3.8, 4) is 11.5 Å². The van der Waals surface area contributed by atoms with E-state index in [1.54, 1.807) is 42.5 Å². The molecule has 144 valence electrons. The molecule has 0 aliphatic heterocycles. The fourth-order valence-electron chi connectivity index (χ4n) is 2.62. The summed E-state index contributed by atoms with van der Waals surface area (Å²) in [6, 6.07) is 14.1. The van der Waals surface area contributed by atoms with Gasteiger partial charge in [-0.15, -0.1) is 0 Å². The molecule has 27 heavy (non-hydrogen) atoms. The Bertz CT molecular complexity index is 705. The first-order chi connectivity index (χ1) is 13.2. The number of hydrogen-bond acceptors (Lipinski definition) is 3. The highest BCUT2D eigenvalue weighted by Gasteiger charge is 2.03. The minimum absolute atomic E-state index is 0.0785. The summed E-state index contributed by atoms with van der Waals surface area (Å²) in [6.45, 7) is 2.06. The van der Waals surface area contributed by atoms with Crippen LogP contribution in [0.1, 0.15) is 54.9 Å². The quantitative estimate of drug-likeness (QED) is 0.252. The third-order valence-electron chi connectivity index (χ3n) is 4.18. The Morgan fingerprint density at radius 2 is 1.52 bits per heavy atom. The van der Waals surface area contributed by atoms with Crippen molar-refractivity contribution in [1.29, 1.82) is 0 Å². The lowest BCUT2D eigenvalue weighted by Gasteiger charge is -2.06. The fourth-order valence-corrected chi connectivity index (χ4v) is 2.62. The second-order valence-electron chi connectivity index (χ2n) is 6.31. The first-order valence-electron chi connectivity index (χ1n) is 9.47. The van der Waals surface area contributed by atoms with E-state index < -0.39 is 6.86 Å². The standard InChI is InChI=1S/C23H27FO3/c1-2-3-4-5-6-17-26-21-14-10-20(11-15-21)23(25)16-9-19-7-12-22(13-8-19)27-18-24/h7-16H,2-6,17-18H2,1H3. The van der Waals surface area contributed by atoms with Crippen molar-refractivity contribution in [2.75, 3.05) is 13.5 Å². The highest BCUT2D eigenvalue weighted by molar-refractivity contribution is 6.06. The monoisotopic (exact) mass is 370 g/mol. The molecule has 0 bridgehead atoms. The lowest BCUT2D eigenvalue weighted by atomic mass is 10.1. The van der Waals surface area contributed by atoms with Gasteiger partial charge in [0, 0.05) is 5.56 Å². The van der Waals surface area contributed by atoms with Gasteiger partial charge in [0.15, 0.2) is 5.78 Å². The molecular weight excluding hydrogens is 343 g/mol. The Morgan fingerprint density at radius 3 is 2.19 bits per heavy atom. The number of allylic oxidation sites excluding steroid dienone is 1. The van der Waals surface area contributed by atoms with Crippen LogP contribution in [0.2, 0.25) is 0 Å². The fraction of sp³-hybridized carbons (Fsp3) is 0.348. The highest BCUT2D eigenvalue weighted by atomic mass is 19.1. The lowest BCUT2D eigenvalue weighted by Crippen LogP contribution is -1.98. The van der Waals surface area contributed by atoms with Crippen LogP contribution in [-0.4, -0.2) is 19.3 Å². The molecule has 0 saturated carbocycles. The Kier molecular flexibility index (Phi) is 9.11. The van der Waals surface area contributed by atoms with Crippen LogP contribution in [-0.2, 0) is 0 Å². The number of halogens is 1. The van der Waals surface area contributed by atoms with E-state index in [-0.39, 0.29) is 5.78 Å². The summed E-state index contributed by atoms with van der Waals surface area (Å²) in [6.07, 6.45) is 9.26. The van der Waals surface area contributed by atoms with E-state index in [0.717, 1.165) is 17.7 Å². The number of ketones is 1. The maximum absolute atomic E-state index is 12.3. The predicted molar refractivity (Wildman–Crippen MR) is 107 cm³/mol. The number of carbonyl (C=O) groups excluding carboxylic acids is 1. The number of benzene rings is 2. The number of carbonyl (C=O) groups is 1. The number of hydrogen-bond donors (Lipinski definition) is 0. The summed E-state index contributed by atoms with van der Waals surface area (Å²) in [5.74, 6) is 1.17. The summed E-state index contributed by atoms with van der Waals surface area (Å²) in [7, 11) is 0. The zero-order valence-corrected chi connectivity index (χ0v) is 15.8. The maximum atomic E-state index is 12.3. The molecule has 3 nitrogen and oxygen atoms in total. The summed E-state index contributed by atoms with van der Waals surface area (Å²) in [4.78, 5) is 12.3. The second-order valence-corrected chi connectivity index (χ2v) is 6.31. The molecule has 4 heteroatoms. The molecule has 0 radical (unpaired) electrons. The van der Waals surface area contributed by atoms with Crippen LogP contribution in [0.4, 0.5) is 4.39 Å². The molecule has 0 heterocycles. The van der Waals surface area contributed by atoms with E-state index >= 15 is 0 Å². The first-order valence-corrected chi connectivity index (χ1v) is 9.47. The smallest absolute Gasteiger partial charge is 0.228 e. The van der Waals surface area contributed by atoms with Gasteiger partial charge in [0.1, 0.15) is 11.5 Å². The molecule has 0 aromatic heterocycles. The van der Waals surface area contributed by atoms with Gasteiger partial charge in [0.25, 0.3) is 0 Å². The van der Waals surface area contributed by atoms with E-state index in [1.807, 2.05) is 12.1 Å². The van der Waals surface area contributed by atoms with E-state index in [4.69, 9.17) is 9.47 Å². The molecule has 0 spiro atoms. The summed E-state index contributed by atoms with van der Waals surface area (Å²) in [5.41, 5.74) is 1.46. The Morgan fingerprint density at radius 1 is 0.889 bits per heavy atom. The molecule has 0 aliphatic rings. The molecular formula is C23H27FO3. The average molecular weight is 370 g/mol. The van der Waals surface area contributed by atoms with Crippen LogP contribution in [0.5, 0.6) is 11.5 Å². The molecule has 0 atom stereocenters. The van der Waals surface area contributed by atoms with Crippen molar-refractivity contribution in [2.24, 2.45) is 0 Å². The molecule has 2 rings (SSSR count). The van der Waals surface area contributed by atoms with Crippen LogP contribution in [0.15, 0.2) is 54.6 Å². The van der Waals surface area contributed by atoms with Crippen LogP contribution < -0.4 is 9.47 Å².